The molecular weight excluding hydrogens is 446 g/mol. The normalized spacial score (nSPS) is 24.6. The lowest BCUT2D eigenvalue weighted by Crippen LogP contribution is -2.33. The molecule has 152 valence electrons. The fourth-order valence-electron chi connectivity index (χ4n) is 3.05. The number of aliphatic hydroxyl groups is 3. The van der Waals surface area contributed by atoms with Crippen LogP contribution in [0.4, 0.5) is 11.8 Å². The molecule has 1 fully saturated rings. The van der Waals surface area contributed by atoms with E-state index < -0.39 is 31.1 Å². The van der Waals surface area contributed by atoms with Crippen LogP contribution in [0.15, 0.2) is 40.2 Å². The number of nitrogens with one attached hydrogen (secondary N) is 1. The molecule has 29 heavy (non-hydrogen) atoms. The van der Waals surface area contributed by atoms with E-state index in [4.69, 9.17) is 10.5 Å². The van der Waals surface area contributed by atoms with Gasteiger partial charge in [0, 0.05) is 4.47 Å². The summed E-state index contributed by atoms with van der Waals surface area (Å²) in [6.45, 7) is -0.455. The number of aromatic nitrogens is 4. The average Bonchev–Trinajstić information content (AvgIpc) is 3.22. The van der Waals surface area contributed by atoms with Gasteiger partial charge in [-0.1, -0.05) is 28.1 Å². The minimum Gasteiger partial charge on any atom is -0.394 e. The van der Waals surface area contributed by atoms with E-state index in [9.17, 15) is 15.3 Å². The van der Waals surface area contributed by atoms with Crippen molar-refractivity contribution >= 4 is 45.1 Å². The van der Waals surface area contributed by atoms with Gasteiger partial charge in [0.1, 0.15) is 24.6 Å². The number of nitrogen functional groups attached to an aromatic ring is 1. The summed E-state index contributed by atoms with van der Waals surface area (Å²) in [4.78, 5) is 12.4. The smallest absolute Gasteiger partial charge is 0.228 e. The molecule has 1 aliphatic rings. The predicted molar refractivity (Wildman–Crippen MR) is 108 cm³/mol. The van der Waals surface area contributed by atoms with Crippen molar-refractivity contribution in [1.29, 1.82) is 0 Å². The van der Waals surface area contributed by atoms with Crippen LogP contribution in [0.1, 0.15) is 11.8 Å². The molecule has 1 aromatic carbocycles. The topological polar surface area (TPSA) is 164 Å². The van der Waals surface area contributed by atoms with E-state index in [1.54, 1.807) is 6.21 Å². The van der Waals surface area contributed by atoms with Crippen LogP contribution in [0.5, 0.6) is 0 Å². The number of anilines is 2. The number of fused-ring (bicyclic) bond motifs is 1. The summed E-state index contributed by atoms with van der Waals surface area (Å²) in [5.41, 5.74) is 10.1. The minimum absolute atomic E-state index is 0.139. The molecule has 4 rings (SSSR count). The van der Waals surface area contributed by atoms with Crippen molar-refractivity contribution < 1.29 is 20.1 Å². The van der Waals surface area contributed by atoms with Crippen LogP contribution >= 0.6 is 15.9 Å². The van der Waals surface area contributed by atoms with Crippen molar-refractivity contribution in [2.24, 2.45) is 5.10 Å². The zero-order valence-corrected chi connectivity index (χ0v) is 16.5. The van der Waals surface area contributed by atoms with Gasteiger partial charge in [-0.15, -0.1) is 0 Å². The maximum Gasteiger partial charge on any atom is 0.228 e. The zero-order chi connectivity index (χ0) is 20.5. The number of ether oxygens (including phenoxy) is 1. The number of halogens is 1. The molecule has 1 aliphatic heterocycles. The minimum atomic E-state index is -1.32. The van der Waals surface area contributed by atoms with Gasteiger partial charge in [-0.05, 0) is 17.7 Å². The number of hydrazone groups is 1. The zero-order valence-electron chi connectivity index (χ0n) is 14.9. The lowest BCUT2D eigenvalue weighted by Gasteiger charge is -2.18. The maximum absolute atomic E-state index is 10.4. The van der Waals surface area contributed by atoms with Gasteiger partial charge in [-0.3, -0.25) is 4.57 Å². The third-order valence-corrected chi connectivity index (χ3v) is 5.05. The predicted octanol–water partition coefficient (Wildman–Crippen LogP) is 0.228. The van der Waals surface area contributed by atoms with Crippen molar-refractivity contribution in [1.82, 2.24) is 19.5 Å². The summed E-state index contributed by atoms with van der Waals surface area (Å²) in [6.07, 6.45) is -1.77. The maximum atomic E-state index is 10.4. The first-order valence-corrected chi connectivity index (χ1v) is 9.44. The molecule has 12 heteroatoms. The van der Waals surface area contributed by atoms with Crippen LogP contribution in [0.3, 0.4) is 0 Å². The highest BCUT2D eigenvalue weighted by molar-refractivity contribution is 9.10. The summed E-state index contributed by atoms with van der Waals surface area (Å²) in [7, 11) is 0. The monoisotopic (exact) mass is 463 g/mol. The molecule has 0 saturated carbocycles. The Morgan fingerprint density at radius 1 is 1.24 bits per heavy atom. The highest BCUT2D eigenvalue weighted by atomic mass is 79.9. The van der Waals surface area contributed by atoms with Gasteiger partial charge in [0.15, 0.2) is 23.2 Å². The van der Waals surface area contributed by atoms with Crippen LogP contribution < -0.4 is 11.2 Å². The highest BCUT2D eigenvalue weighted by Crippen LogP contribution is 2.35. The lowest BCUT2D eigenvalue weighted by molar-refractivity contribution is -0.0501. The van der Waals surface area contributed by atoms with Crippen LogP contribution in [-0.2, 0) is 4.74 Å². The first-order chi connectivity index (χ1) is 14.0. The fraction of sp³-hybridized carbons (Fsp3) is 0.294. The first kappa shape index (κ1) is 19.7. The quantitative estimate of drug-likeness (QED) is 0.263. The third-order valence-electron chi connectivity index (χ3n) is 4.53. The second-order valence-electron chi connectivity index (χ2n) is 6.39. The van der Waals surface area contributed by atoms with Crippen molar-refractivity contribution in [2.75, 3.05) is 17.8 Å². The Balaban J connectivity index is 1.71. The summed E-state index contributed by atoms with van der Waals surface area (Å²) in [5, 5.41) is 34.1. The number of nitrogens with zero attached hydrogens (tertiary/aromatic N) is 5. The van der Waals surface area contributed by atoms with Crippen LogP contribution in [-0.4, -0.2) is 66.0 Å². The molecule has 0 bridgehead atoms. The standard InChI is InChI=1S/C17H18BrN7O4/c18-9-3-1-8(2-4-9)5-22-24-17-23-11-14(19)20-7-21-15(11)25(17)16-13(28)12(27)10(6-26)29-16/h1-5,7,10,12-13,16,26-28H,6H2,(H,23,24)(H2,19,20,21)/t10-,12-,13-,16-/m1/s1. The summed E-state index contributed by atoms with van der Waals surface area (Å²) >= 11 is 3.37. The van der Waals surface area contributed by atoms with Crippen LogP contribution in [0.2, 0.25) is 0 Å². The molecule has 0 amide bonds. The second-order valence-corrected chi connectivity index (χ2v) is 7.30. The number of benzene rings is 1. The summed E-state index contributed by atoms with van der Waals surface area (Å²) in [6, 6.07) is 7.50. The Hall–Kier alpha value is -2.64. The molecule has 0 unspecified atom stereocenters. The number of rotatable bonds is 5. The first-order valence-electron chi connectivity index (χ1n) is 8.65. The second kappa shape index (κ2) is 8.00. The number of hydrogen-bond acceptors (Lipinski definition) is 10. The van der Waals surface area contributed by atoms with Gasteiger partial charge in [-0.25, -0.2) is 20.4 Å². The molecule has 2 aromatic heterocycles. The third kappa shape index (κ3) is 3.68. The molecule has 3 aromatic rings. The molecule has 3 heterocycles. The van der Waals surface area contributed by atoms with E-state index >= 15 is 0 Å². The van der Waals surface area contributed by atoms with Crippen LogP contribution in [0, 0.1) is 0 Å². The van der Waals surface area contributed by atoms with Crippen molar-refractivity contribution in [3.63, 3.8) is 0 Å². The number of aliphatic hydroxyl groups excluding tert-OH is 3. The molecule has 11 nitrogen and oxygen atoms in total. The van der Waals surface area contributed by atoms with Crippen molar-refractivity contribution in [2.45, 2.75) is 24.5 Å². The summed E-state index contributed by atoms with van der Waals surface area (Å²) < 4.78 is 7.99. The van der Waals surface area contributed by atoms with E-state index in [1.807, 2.05) is 24.3 Å². The Morgan fingerprint density at radius 2 is 2.00 bits per heavy atom. The lowest BCUT2D eigenvalue weighted by atomic mass is 10.1. The van der Waals surface area contributed by atoms with Gasteiger partial charge >= 0.3 is 0 Å². The molecule has 6 N–H and O–H groups in total. The van der Waals surface area contributed by atoms with E-state index in [-0.39, 0.29) is 22.9 Å². The Bertz CT molecular complexity index is 1040. The van der Waals surface area contributed by atoms with E-state index in [2.05, 4.69) is 41.4 Å². The summed E-state index contributed by atoms with van der Waals surface area (Å²) in [5.74, 6) is 0.316. The molecule has 0 aliphatic carbocycles. The average molecular weight is 464 g/mol. The van der Waals surface area contributed by atoms with E-state index in [0.717, 1.165) is 10.0 Å². The SMILES string of the molecule is Nc1ncnc2c1nc(NN=Cc1ccc(Br)cc1)n2[C@@H]1O[C@H](CO)[C@@H](O)[C@H]1O. The van der Waals surface area contributed by atoms with Crippen molar-refractivity contribution in [3.8, 4) is 0 Å². The Morgan fingerprint density at radius 3 is 2.69 bits per heavy atom. The highest BCUT2D eigenvalue weighted by Gasteiger charge is 2.45. The van der Waals surface area contributed by atoms with Gasteiger partial charge in [0.25, 0.3) is 0 Å². The molecule has 0 radical (unpaired) electrons. The van der Waals surface area contributed by atoms with Gasteiger partial charge in [0.2, 0.25) is 5.95 Å². The van der Waals surface area contributed by atoms with Crippen LogP contribution in [0.25, 0.3) is 11.2 Å². The fourth-order valence-corrected chi connectivity index (χ4v) is 3.32. The molecule has 1 saturated heterocycles. The van der Waals surface area contributed by atoms with E-state index in [1.165, 1.54) is 10.9 Å². The van der Waals surface area contributed by atoms with Gasteiger partial charge in [-0.2, -0.15) is 5.10 Å². The number of imidazole rings is 1. The largest absolute Gasteiger partial charge is 0.394 e. The number of nitrogens with two attached hydrogens (primary N) is 1. The van der Waals surface area contributed by atoms with E-state index in [0.29, 0.717) is 0 Å². The van der Waals surface area contributed by atoms with Gasteiger partial charge < -0.3 is 25.8 Å². The molecule has 4 atom stereocenters. The van der Waals surface area contributed by atoms with Crippen molar-refractivity contribution in [3.05, 3.63) is 40.6 Å². The Labute approximate surface area is 173 Å². The molecular formula is C17H18BrN7O4. The Kier molecular flexibility index (Phi) is 5.43. The van der Waals surface area contributed by atoms with Gasteiger partial charge in [0.05, 0.1) is 12.8 Å². The number of hydrogen-bond donors (Lipinski definition) is 5. The molecule has 0 spiro atoms.